The Kier molecular flexibility index (Phi) is 34.7. The molecule has 61 heavy (non-hydrogen) atoms. The molecular formula is C47H83O13P. The second-order valence-corrected chi connectivity index (χ2v) is 17.7. The fraction of sp³-hybridized carbons (Fsp3) is 0.787. The standard InChI is InChI=1S/C47H83O13P/c1-3-5-7-9-11-13-15-17-19-20-22-24-26-28-30-32-34-36-41(49)59-39(38-58-61(55,56)60-47-45(53)43(51)42(50)44(52)46(47)54)37-57-40(48)35-33-31-29-27-25-23-21-18-16-14-12-10-8-6-4-2/h11,13,17,19,22,24,28,30,39,42-47,50-54H,3-10,12,14-16,18,20-21,23,25-27,29,31-38H2,1-2H3,(H,55,56)/b13-11-,19-17-,24-22-,30-28-/t39-,42?,43-,44?,45?,46?,47-/m1/s1. The molecule has 0 saturated heterocycles. The van der Waals surface area contributed by atoms with Crippen molar-refractivity contribution < 1.29 is 63.1 Å². The van der Waals surface area contributed by atoms with Crippen LogP contribution < -0.4 is 0 Å². The van der Waals surface area contributed by atoms with Crippen molar-refractivity contribution in [1.82, 2.24) is 0 Å². The van der Waals surface area contributed by atoms with Gasteiger partial charge >= 0.3 is 19.8 Å². The first-order valence-electron chi connectivity index (χ1n) is 23.4. The minimum absolute atomic E-state index is 0.0213. The van der Waals surface area contributed by atoms with Crippen molar-refractivity contribution >= 4 is 19.8 Å². The van der Waals surface area contributed by atoms with Crippen molar-refractivity contribution in [3.05, 3.63) is 48.6 Å². The first-order chi connectivity index (χ1) is 29.4. The highest BCUT2D eigenvalue weighted by Crippen LogP contribution is 2.47. The predicted molar refractivity (Wildman–Crippen MR) is 239 cm³/mol. The molecule has 14 heteroatoms. The molecule has 354 valence electrons. The number of phosphoric acid groups is 1. The number of carbonyl (C=O) groups is 2. The molecule has 0 aromatic rings. The molecule has 0 aliphatic heterocycles. The number of aliphatic hydroxyl groups excluding tert-OH is 5. The summed E-state index contributed by atoms with van der Waals surface area (Å²) < 4.78 is 33.5. The Bertz CT molecular complexity index is 1250. The second kappa shape index (κ2) is 37.2. The van der Waals surface area contributed by atoms with Crippen molar-refractivity contribution in [3.8, 4) is 0 Å². The topological polar surface area (TPSA) is 210 Å². The van der Waals surface area contributed by atoms with E-state index < -0.39 is 75.7 Å². The number of unbranched alkanes of at least 4 members (excludes halogenated alkanes) is 18. The van der Waals surface area contributed by atoms with Gasteiger partial charge in [0.2, 0.25) is 0 Å². The van der Waals surface area contributed by atoms with Gasteiger partial charge in [-0.25, -0.2) is 4.57 Å². The smallest absolute Gasteiger partial charge is 0.462 e. The van der Waals surface area contributed by atoms with E-state index in [4.69, 9.17) is 18.5 Å². The monoisotopic (exact) mass is 887 g/mol. The summed E-state index contributed by atoms with van der Waals surface area (Å²) in [6.07, 6.45) is 30.3. The van der Waals surface area contributed by atoms with Crippen molar-refractivity contribution in [2.45, 2.75) is 224 Å². The Morgan fingerprint density at radius 2 is 0.902 bits per heavy atom. The molecule has 0 aromatic carbocycles. The lowest BCUT2D eigenvalue weighted by atomic mass is 9.85. The van der Waals surface area contributed by atoms with Crippen molar-refractivity contribution in [3.63, 3.8) is 0 Å². The summed E-state index contributed by atoms with van der Waals surface area (Å²) in [4.78, 5) is 35.7. The lowest BCUT2D eigenvalue weighted by molar-refractivity contribution is -0.220. The van der Waals surface area contributed by atoms with Crippen LogP contribution in [0.25, 0.3) is 0 Å². The van der Waals surface area contributed by atoms with Crippen LogP contribution in [-0.2, 0) is 32.7 Å². The number of esters is 2. The normalized spacial score (nSPS) is 22.4. The lowest BCUT2D eigenvalue weighted by Crippen LogP contribution is -2.64. The van der Waals surface area contributed by atoms with Gasteiger partial charge < -0.3 is 39.9 Å². The molecule has 0 radical (unpaired) electrons. The van der Waals surface area contributed by atoms with E-state index in [1.807, 2.05) is 12.2 Å². The molecular weight excluding hydrogens is 803 g/mol. The summed E-state index contributed by atoms with van der Waals surface area (Å²) in [6, 6.07) is 0. The highest BCUT2D eigenvalue weighted by Gasteiger charge is 2.51. The summed E-state index contributed by atoms with van der Waals surface area (Å²) in [5.74, 6) is -1.16. The second-order valence-electron chi connectivity index (χ2n) is 16.3. The zero-order valence-corrected chi connectivity index (χ0v) is 38.3. The summed E-state index contributed by atoms with van der Waals surface area (Å²) in [5.41, 5.74) is 0. The summed E-state index contributed by atoms with van der Waals surface area (Å²) in [7, 11) is -5.13. The third-order valence-electron chi connectivity index (χ3n) is 10.7. The molecule has 0 aromatic heterocycles. The molecule has 6 N–H and O–H groups in total. The third kappa shape index (κ3) is 29.7. The van der Waals surface area contributed by atoms with E-state index >= 15 is 0 Å². The molecule has 1 rings (SSSR count). The fourth-order valence-corrected chi connectivity index (χ4v) is 7.84. The first kappa shape index (κ1) is 56.8. The van der Waals surface area contributed by atoms with E-state index in [0.29, 0.717) is 19.3 Å². The van der Waals surface area contributed by atoms with Crippen LogP contribution in [0.15, 0.2) is 48.6 Å². The van der Waals surface area contributed by atoms with E-state index in [-0.39, 0.29) is 12.8 Å². The number of ether oxygens (including phenoxy) is 2. The van der Waals surface area contributed by atoms with Gasteiger partial charge in [-0.1, -0.05) is 165 Å². The molecule has 13 nitrogen and oxygen atoms in total. The van der Waals surface area contributed by atoms with E-state index in [1.54, 1.807) is 0 Å². The summed E-state index contributed by atoms with van der Waals surface area (Å²) in [5, 5.41) is 50.1. The van der Waals surface area contributed by atoms with Crippen LogP contribution in [0.2, 0.25) is 0 Å². The quantitative estimate of drug-likeness (QED) is 0.0148. The van der Waals surface area contributed by atoms with Gasteiger partial charge in [0.05, 0.1) is 6.61 Å². The number of phosphoric ester groups is 1. The van der Waals surface area contributed by atoms with Crippen LogP contribution in [-0.4, -0.2) is 98.3 Å². The van der Waals surface area contributed by atoms with E-state index in [2.05, 4.69) is 50.3 Å². The average molecular weight is 887 g/mol. The lowest BCUT2D eigenvalue weighted by Gasteiger charge is -2.41. The Morgan fingerprint density at radius 3 is 1.39 bits per heavy atom. The van der Waals surface area contributed by atoms with Crippen LogP contribution in [0.5, 0.6) is 0 Å². The maximum atomic E-state index is 12.8. The molecule has 1 aliphatic rings. The molecule has 0 bridgehead atoms. The van der Waals surface area contributed by atoms with Gasteiger partial charge in [-0.15, -0.1) is 0 Å². The van der Waals surface area contributed by atoms with Crippen LogP contribution in [0, 0.1) is 0 Å². The largest absolute Gasteiger partial charge is 0.472 e. The maximum absolute atomic E-state index is 12.8. The van der Waals surface area contributed by atoms with E-state index in [9.17, 15) is 44.6 Å². The first-order valence-corrected chi connectivity index (χ1v) is 24.9. The van der Waals surface area contributed by atoms with Gasteiger partial charge in [-0.3, -0.25) is 18.6 Å². The zero-order valence-electron chi connectivity index (χ0n) is 37.4. The van der Waals surface area contributed by atoms with Gasteiger partial charge in [-0.05, 0) is 51.4 Å². The minimum Gasteiger partial charge on any atom is -0.462 e. The van der Waals surface area contributed by atoms with Gasteiger partial charge in [0.15, 0.2) is 6.10 Å². The van der Waals surface area contributed by atoms with Crippen molar-refractivity contribution in [1.29, 1.82) is 0 Å². The predicted octanol–water partition coefficient (Wildman–Crippen LogP) is 9.17. The van der Waals surface area contributed by atoms with E-state index in [1.165, 1.54) is 89.9 Å². The van der Waals surface area contributed by atoms with Crippen LogP contribution in [0.1, 0.15) is 181 Å². The summed E-state index contributed by atoms with van der Waals surface area (Å²) in [6.45, 7) is 3.23. The highest BCUT2D eigenvalue weighted by atomic mass is 31.2. The highest BCUT2D eigenvalue weighted by molar-refractivity contribution is 7.47. The molecule has 1 aliphatic carbocycles. The van der Waals surface area contributed by atoms with E-state index in [0.717, 1.165) is 44.9 Å². The summed E-state index contributed by atoms with van der Waals surface area (Å²) >= 11 is 0. The van der Waals surface area contributed by atoms with Gasteiger partial charge in [0, 0.05) is 12.8 Å². The Hall–Kier alpha value is -2.19. The number of hydrogen-bond donors (Lipinski definition) is 6. The number of hydrogen-bond acceptors (Lipinski definition) is 12. The number of rotatable bonds is 38. The molecule has 0 spiro atoms. The van der Waals surface area contributed by atoms with Crippen molar-refractivity contribution in [2.75, 3.05) is 13.2 Å². The van der Waals surface area contributed by atoms with Gasteiger partial charge in [0.1, 0.15) is 43.2 Å². The fourth-order valence-electron chi connectivity index (χ4n) is 6.87. The molecule has 5 unspecified atom stereocenters. The maximum Gasteiger partial charge on any atom is 0.472 e. The zero-order chi connectivity index (χ0) is 45.0. The number of allylic oxidation sites excluding steroid dienone is 8. The Balaban J connectivity index is 2.50. The third-order valence-corrected chi connectivity index (χ3v) is 11.7. The Labute approximate surface area is 367 Å². The number of aliphatic hydroxyl groups is 5. The van der Waals surface area contributed by atoms with Crippen molar-refractivity contribution in [2.24, 2.45) is 0 Å². The minimum atomic E-state index is -5.13. The molecule has 8 atom stereocenters. The SMILES string of the molecule is CCCCC/C=C\C/C=C\C/C=C\C/C=C\CCCC(=O)O[C@H](COC(=O)CCCCCCCCCCCCCCCCC)COP(=O)(O)O[C@H]1C(O)C(O)C(O)[C@@H](O)C1O. The van der Waals surface area contributed by atoms with Gasteiger partial charge in [-0.2, -0.15) is 0 Å². The molecule has 1 saturated carbocycles. The molecule has 0 amide bonds. The van der Waals surface area contributed by atoms with Crippen LogP contribution >= 0.6 is 7.82 Å². The van der Waals surface area contributed by atoms with Crippen LogP contribution in [0.4, 0.5) is 0 Å². The van der Waals surface area contributed by atoms with Crippen LogP contribution in [0.3, 0.4) is 0 Å². The van der Waals surface area contributed by atoms with Gasteiger partial charge in [0.25, 0.3) is 0 Å². The average Bonchev–Trinajstić information content (AvgIpc) is 3.24. The number of carbonyl (C=O) groups excluding carboxylic acids is 2. The molecule has 1 fully saturated rings. The molecule has 0 heterocycles. The Morgan fingerprint density at radius 1 is 0.508 bits per heavy atom.